The minimum absolute atomic E-state index is 0.403. The number of aliphatic hydroxyl groups is 1. The molecule has 0 fully saturated rings. The van der Waals surface area contributed by atoms with Gasteiger partial charge in [-0.2, -0.15) is 0 Å². The van der Waals surface area contributed by atoms with Crippen molar-refractivity contribution in [3.05, 3.63) is 11.9 Å². The van der Waals surface area contributed by atoms with Gasteiger partial charge in [-0.05, 0) is 6.92 Å². The molecule has 1 rings (SSSR count). The fourth-order valence-electron chi connectivity index (χ4n) is 1.40. The highest BCUT2D eigenvalue weighted by molar-refractivity contribution is 5.48. The van der Waals surface area contributed by atoms with Crippen molar-refractivity contribution in [1.29, 1.82) is 0 Å². The van der Waals surface area contributed by atoms with Crippen LogP contribution in [0.3, 0.4) is 0 Å². The highest BCUT2D eigenvalue weighted by Crippen LogP contribution is 2.14. The molecule has 0 aromatic carbocycles. The van der Waals surface area contributed by atoms with Gasteiger partial charge in [-0.15, -0.1) is 0 Å². The predicted octanol–water partition coefficient (Wildman–Crippen LogP) is 0.142. The fourth-order valence-corrected chi connectivity index (χ4v) is 1.40. The lowest BCUT2D eigenvalue weighted by Crippen LogP contribution is -2.28. The molecule has 1 aromatic rings. The van der Waals surface area contributed by atoms with E-state index < -0.39 is 6.10 Å². The number of anilines is 2. The average molecular weight is 225 g/mol. The first-order chi connectivity index (χ1) is 7.56. The van der Waals surface area contributed by atoms with Crippen LogP contribution in [0, 0.1) is 0 Å². The number of aliphatic hydroxyl groups excluding tert-OH is 1. The van der Waals surface area contributed by atoms with Crippen molar-refractivity contribution in [2.75, 3.05) is 23.9 Å². The van der Waals surface area contributed by atoms with Crippen LogP contribution in [0.25, 0.3) is 0 Å². The molecule has 0 aliphatic carbocycles. The van der Waals surface area contributed by atoms with Gasteiger partial charge in [0.05, 0.1) is 6.10 Å². The Balaban J connectivity index is 2.93. The van der Waals surface area contributed by atoms with E-state index >= 15 is 0 Å². The van der Waals surface area contributed by atoms with Gasteiger partial charge >= 0.3 is 0 Å². The van der Waals surface area contributed by atoms with Gasteiger partial charge in [0.2, 0.25) is 0 Å². The van der Waals surface area contributed by atoms with Gasteiger partial charge in [0.1, 0.15) is 17.5 Å². The van der Waals surface area contributed by atoms with E-state index in [-0.39, 0.29) is 0 Å². The summed E-state index contributed by atoms with van der Waals surface area (Å²) in [7, 11) is 1.87. The van der Waals surface area contributed by atoms with Crippen molar-refractivity contribution >= 4 is 11.6 Å². The summed E-state index contributed by atoms with van der Waals surface area (Å²) in [6.45, 7) is 4.23. The Kier molecular flexibility index (Phi) is 4.45. The Morgan fingerprint density at radius 1 is 1.56 bits per heavy atom. The second-order valence-electron chi connectivity index (χ2n) is 3.76. The molecule has 4 N–H and O–H groups in total. The summed E-state index contributed by atoms with van der Waals surface area (Å²) in [5, 5.41) is 9.31. The summed E-state index contributed by atoms with van der Waals surface area (Å²) < 4.78 is 0. The highest BCUT2D eigenvalue weighted by atomic mass is 16.3. The van der Waals surface area contributed by atoms with Crippen LogP contribution in [0.5, 0.6) is 0 Å². The lowest BCUT2D eigenvalue weighted by atomic mass is 10.3. The minimum Gasteiger partial charge on any atom is -0.392 e. The van der Waals surface area contributed by atoms with E-state index in [0.717, 1.165) is 18.1 Å². The molecule has 1 atom stereocenters. The van der Waals surface area contributed by atoms with E-state index in [2.05, 4.69) is 15.4 Å². The Hall–Kier alpha value is -1.40. The second-order valence-corrected chi connectivity index (χ2v) is 3.76. The molecular formula is C10H19N5O. The van der Waals surface area contributed by atoms with E-state index in [1.165, 1.54) is 0 Å². The third-order valence-corrected chi connectivity index (χ3v) is 2.15. The number of hydrogen-bond acceptors (Lipinski definition) is 6. The fraction of sp³-hybridized carbons (Fsp3) is 0.600. The number of rotatable bonds is 5. The minimum atomic E-state index is -0.403. The number of nitrogen functional groups attached to an aromatic ring is 1. The molecule has 16 heavy (non-hydrogen) atoms. The van der Waals surface area contributed by atoms with E-state index in [4.69, 9.17) is 5.84 Å². The zero-order chi connectivity index (χ0) is 12.1. The molecule has 6 nitrogen and oxygen atoms in total. The second kappa shape index (κ2) is 5.62. The number of nitrogens with zero attached hydrogens (tertiary/aromatic N) is 3. The third-order valence-electron chi connectivity index (χ3n) is 2.15. The topological polar surface area (TPSA) is 87.3 Å². The molecule has 0 aliphatic rings. The molecular weight excluding hydrogens is 206 g/mol. The molecule has 0 spiro atoms. The van der Waals surface area contributed by atoms with Crippen LogP contribution in [-0.4, -0.2) is 34.8 Å². The molecule has 1 unspecified atom stereocenters. The Morgan fingerprint density at radius 3 is 2.75 bits per heavy atom. The molecule has 6 heteroatoms. The summed E-state index contributed by atoms with van der Waals surface area (Å²) in [5.41, 5.74) is 2.51. The monoisotopic (exact) mass is 225 g/mol. The van der Waals surface area contributed by atoms with Crippen LogP contribution in [0.1, 0.15) is 19.7 Å². The highest BCUT2D eigenvalue weighted by Gasteiger charge is 2.09. The van der Waals surface area contributed by atoms with Gasteiger partial charge in [0.25, 0.3) is 0 Å². The van der Waals surface area contributed by atoms with Gasteiger partial charge < -0.3 is 15.4 Å². The molecule has 0 saturated carbocycles. The summed E-state index contributed by atoms with van der Waals surface area (Å²) in [6, 6.07) is 1.75. The van der Waals surface area contributed by atoms with Gasteiger partial charge in [0.15, 0.2) is 0 Å². The van der Waals surface area contributed by atoms with Crippen LogP contribution in [0.15, 0.2) is 6.07 Å². The molecule has 90 valence electrons. The normalized spacial score (nSPS) is 12.3. The van der Waals surface area contributed by atoms with Crippen LogP contribution in [-0.2, 0) is 6.42 Å². The molecule has 0 amide bonds. The number of likely N-dealkylation sites (N-methyl/N-ethyl adjacent to an activating group) is 1. The smallest absolute Gasteiger partial charge is 0.145 e. The maximum Gasteiger partial charge on any atom is 0.145 e. The predicted molar refractivity (Wildman–Crippen MR) is 64.2 cm³/mol. The molecule has 0 radical (unpaired) electrons. The van der Waals surface area contributed by atoms with E-state index in [1.807, 2.05) is 18.9 Å². The standard InChI is InChI=1S/C10H19N5O/c1-4-8-12-9(14-11)5-10(13-8)15(3)6-7(2)16/h5,7,16H,4,6,11H2,1-3H3,(H,12,13,14). The Bertz CT molecular complexity index is 320. The van der Waals surface area contributed by atoms with Gasteiger partial charge in [0, 0.05) is 26.1 Å². The maximum atomic E-state index is 9.31. The van der Waals surface area contributed by atoms with Crippen LogP contribution in [0.4, 0.5) is 11.6 Å². The van der Waals surface area contributed by atoms with Crippen molar-refractivity contribution in [3.8, 4) is 0 Å². The Morgan fingerprint density at radius 2 is 2.25 bits per heavy atom. The summed E-state index contributed by atoms with van der Waals surface area (Å²) in [5.74, 6) is 7.39. The van der Waals surface area contributed by atoms with E-state index in [1.54, 1.807) is 13.0 Å². The first-order valence-electron chi connectivity index (χ1n) is 5.30. The first-order valence-corrected chi connectivity index (χ1v) is 5.30. The SMILES string of the molecule is CCc1nc(NN)cc(N(C)CC(C)O)n1. The van der Waals surface area contributed by atoms with Crippen molar-refractivity contribution in [3.63, 3.8) is 0 Å². The van der Waals surface area contributed by atoms with Crippen LogP contribution >= 0.6 is 0 Å². The zero-order valence-corrected chi connectivity index (χ0v) is 9.94. The average Bonchev–Trinajstić information content (AvgIpc) is 2.27. The molecule has 0 saturated heterocycles. The molecule has 1 aromatic heterocycles. The lowest BCUT2D eigenvalue weighted by molar-refractivity contribution is 0.201. The number of aromatic nitrogens is 2. The first kappa shape index (κ1) is 12.7. The molecule has 0 aliphatic heterocycles. The van der Waals surface area contributed by atoms with Crippen molar-refractivity contribution < 1.29 is 5.11 Å². The van der Waals surface area contributed by atoms with Gasteiger partial charge in [-0.25, -0.2) is 15.8 Å². The number of nitrogens with two attached hydrogens (primary N) is 1. The van der Waals surface area contributed by atoms with Crippen LogP contribution < -0.4 is 16.2 Å². The van der Waals surface area contributed by atoms with Crippen molar-refractivity contribution in [2.45, 2.75) is 26.4 Å². The van der Waals surface area contributed by atoms with Gasteiger partial charge in [-0.1, -0.05) is 6.92 Å². The maximum absolute atomic E-state index is 9.31. The quantitative estimate of drug-likeness (QED) is 0.488. The number of nitrogens with one attached hydrogen (secondary N) is 1. The van der Waals surface area contributed by atoms with Crippen LogP contribution in [0.2, 0.25) is 0 Å². The van der Waals surface area contributed by atoms with Crippen molar-refractivity contribution in [2.24, 2.45) is 5.84 Å². The van der Waals surface area contributed by atoms with E-state index in [9.17, 15) is 5.11 Å². The molecule has 0 bridgehead atoms. The number of hydrazine groups is 1. The number of hydrogen-bond donors (Lipinski definition) is 3. The number of aryl methyl sites for hydroxylation is 1. The summed E-state index contributed by atoms with van der Waals surface area (Å²) in [4.78, 5) is 10.4. The summed E-state index contributed by atoms with van der Waals surface area (Å²) >= 11 is 0. The Labute approximate surface area is 95.5 Å². The largest absolute Gasteiger partial charge is 0.392 e. The zero-order valence-electron chi connectivity index (χ0n) is 9.94. The summed E-state index contributed by atoms with van der Waals surface area (Å²) in [6.07, 6.45) is 0.338. The lowest BCUT2D eigenvalue weighted by Gasteiger charge is -2.20. The van der Waals surface area contributed by atoms with E-state index in [0.29, 0.717) is 12.4 Å². The third kappa shape index (κ3) is 3.32. The molecule has 1 heterocycles. The van der Waals surface area contributed by atoms with Crippen molar-refractivity contribution in [1.82, 2.24) is 9.97 Å². The van der Waals surface area contributed by atoms with Gasteiger partial charge in [-0.3, -0.25) is 0 Å².